The zero-order valence-corrected chi connectivity index (χ0v) is 8.73. The summed E-state index contributed by atoms with van der Waals surface area (Å²) in [5.74, 6) is 0.486. The maximum atomic E-state index is 5.74. The van der Waals surface area contributed by atoms with Gasteiger partial charge in [-0.15, -0.1) is 36.4 Å². The number of halogens is 4. The molecule has 64 valence electrons. The van der Waals surface area contributed by atoms with E-state index in [-0.39, 0.29) is 24.8 Å². The minimum atomic E-state index is 0. The molecule has 4 heteroatoms. The monoisotopic (exact) mass is 232 g/mol. The highest BCUT2D eigenvalue weighted by Gasteiger charge is 1.93. The maximum absolute atomic E-state index is 5.74. The van der Waals surface area contributed by atoms with Crippen LogP contribution in [0.3, 0.4) is 0 Å². The van der Waals surface area contributed by atoms with Crippen LogP contribution in [0.2, 0.25) is 5.02 Å². The zero-order valence-electron chi connectivity index (χ0n) is 5.59. The lowest BCUT2D eigenvalue weighted by atomic mass is 10.2. The van der Waals surface area contributed by atoms with E-state index in [4.69, 9.17) is 23.2 Å². The van der Waals surface area contributed by atoms with Crippen molar-refractivity contribution >= 4 is 48.0 Å². The van der Waals surface area contributed by atoms with Crippen LogP contribution < -0.4 is 0 Å². The fraction of sp³-hybridized carbons (Fsp3) is 0.143. The Bertz CT molecular complexity index is 199. The highest BCUT2D eigenvalue weighted by atomic mass is 35.5. The van der Waals surface area contributed by atoms with Crippen LogP contribution in [0.4, 0.5) is 0 Å². The summed E-state index contributed by atoms with van der Waals surface area (Å²) in [5.41, 5.74) is 0.987. The highest BCUT2D eigenvalue weighted by molar-refractivity contribution is 6.32. The molecule has 11 heavy (non-hydrogen) atoms. The van der Waals surface area contributed by atoms with Gasteiger partial charge in [0.2, 0.25) is 0 Å². The number of hydrogen-bond donors (Lipinski definition) is 0. The molecule has 0 aromatic heterocycles. The fourth-order valence-electron chi connectivity index (χ4n) is 0.607. The van der Waals surface area contributed by atoms with Gasteiger partial charge in [0.05, 0.1) is 0 Å². The summed E-state index contributed by atoms with van der Waals surface area (Å²) in [6.07, 6.45) is 0. The van der Waals surface area contributed by atoms with E-state index in [1.54, 1.807) is 0 Å². The molecule has 0 bridgehead atoms. The third-order valence-electron chi connectivity index (χ3n) is 1.10. The summed E-state index contributed by atoms with van der Waals surface area (Å²) in [6.45, 7) is 0. The standard InChI is InChI=1S/C7H6Cl2.2ClH/c8-5-6-3-1-2-4-7(6)9;;/h1-4H,5H2;2*1H. The van der Waals surface area contributed by atoms with Gasteiger partial charge in [-0.25, -0.2) is 0 Å². The van der Waals surface area contributed by atoms with Crippen molar-refractivity contribution in [1.82, 2.24) is 0 Å². The lowest BCUT2D eigenvalue weighted by molar-refractivity contribution is 1.40. The van der Waals surface area contributed by atoms with Crippen LogP contribution in [-0.4, -0.2) is 0 Å². The maximum Gasteiger partial charge on any atom is 0.0488 e. The molecule has 0 fully saturated rings. The third kappa shape index (κ3) is 4.07. The molecular weight excluding hydrogens is 226 g/mol. The Hall–Kier alpha value is 0.380. The molecule has 0 unspecified atom stereocenters. The number of rotatable bonds is 1. The van der Waals surface area contributed by atoms with Gasteiger partial charge in [-0.1, -0.05) is 29.8 Å². The normalized spacial score (nSPS) is 7.82. The van der Waals surface area contributed by atoms with Crippen molar-refractivity contribution in [3.63, 3.8) is 0 Å². The Kier molecular flexibility index (Phi) is 8.93. The van der Waals surface area contributed by atoms with Crippen molar-refractivity contribution in [3.8, 4) is 0 Å². The second-order valence-corrected chi connectivity index (χ2v) is 2.40. The van der Waals surface area contributed by atoms with Crippen molar-refractivity contribution < 1.29 is 0 Å². The fourth-order valence-corrected chi connectivity index (χ4v) is 1.11. The first kappa shape index (κ1) is 13.9. The van der Waals surface area contributed by atoms with Crippen molar-refractivity contribution in [3.05, 3.63) is 34.9 Å². The Morgan fingerprint density at radius 3 is 2.00 bits per heavy atom. The van der Waals surface area contributed by atoms with Crippen LogP contribution in [0.25, 0.3) is 0 Å². The molecule has 0 saturated carbocycles. The molecule has 0 nitrogen and oxygen atoms in total. The van der Waals surface area contributed by atoms with Crippen molar-refractivity contribution in [2.75, 3.05) is 0 Å². The predicted octanol–water partition coefficient (Wildman–Crippen LogP) is 3.92. The molecule has 1 aromatic rings. The van der Waals surface area contributed by atoms with E-state index < -0.39 is 0 Å². The molecule has 1 aromatic carbocycles. The van der Waals surface area contributed by atoms with Gasteiger partial charge in [0.1, 0.15) is 0 Å². The average Bonchev–Trinajstić information content (AvgIpc) is 1.89. The Labute approximate surface area is 88.7 Å². The molecule has 0 radical (unpaired) electrons. The lowest BCUT2D eigenvalue weighted by Gasteiger charge is -1.94. The van der Waals surface area contributed by atoms with Crippen LogP contribution in [0.5, 0.6) is 0 Å². The molecule has 0 spiro atoms. The summed E-state index contributed by atoms with van der Waals surface area (Å²) in [7, 11) is 0. The second kappa shape index (κ2) is 7.05. The van der Waals surface area contributed by atoms with Gasteiger partial charge in [0.25, 0.3) is 0 Å². The van der Waals surface area contributed by atoms with Crippen LogP contribution in [0.15, 0.2) is 24.3 Å². The smallest absolute Gasteiger partial charge is 0.0488 e. The third-order valence-corrected chi connectivity index (χ3v) is 1.76. The van der Waals surface area contributed by atoms with Crippen LogP contribution in [0.1, 0.15) is 5.56 Å². The lowest BCUT2D eigenvalue weighted by Crippen LogP contribution is -1.76. The molecule has 0 saturated heterocycles. The van der Waals surface area contributed by atoms with E-state index in [1.807, 2.05) is 24.3 Å². The van der Waals surface area contributed by atoms with Gasteiger partial charge in [-0.2, -0.15) is 0 Å². The average molecular weight is 234 g/mol. The first-order chi connectivity index (χ1) is 4.34. The largest absolute Gasteiger partial charge is 0.147 e. The van der Waals surface area contributed by atoms with E-state index in [9.17, 15) is 0 Å². The van der Waals surface area contributed by atoms with E-state index in [0.29, 0.717) is 5.88 Å². The summed E-state index contributed by atoms with van der Waals surface area (Å²) in [6, 6.07) is 7.55. The van der Waals surface area contributed by atoms with Gasteiger partial charge in [0, 0.05) is 10.9 Å². The number of alkyl halides is 1. The SMILES string of the molecule is Cl.Cl.ClCc1ccccc1Cl. The predicted molar refractivity (Wildman–Crippen MR) is 55.5 cm³/mol. The minimum absolute atomic E-state index is 0. The highest BCUT2D eigenvalue weighted by Crippen LogP contribution is 2.15. The quantitative estimate of drug-likeness (QED) is 0.646. The van der Waals surface area contributed by atoms with E-state index in [0.717, 1.165) is 10.6 Å². The molecule has 0 aliphatic carbocycles. The van der Waals surface area contributed by atoms with Crippen molar-refractivity contribution in [1.29, 1.82) is 0 Å². The van der Waals surface area contributed by atoms with Crippen LogP contribution in [0, 0.1) is 0 Å². The van der Waals surface area contributed by atoms with Crippen molar-refractivity contribution in [2.45, 2.75) is 5.88 Å². The number of hydrogen-bond acceptors (Lipinski definition) is 0. The molecule has 0 amide bonds. The van der Waals surface area contributed by atoms with Crippen molar-refractivity contribution in [2.24, 2.45) is 0 Å². The molecule has 0 aliphatic rings. The Morgan fingerprint density at radius 2 is 1.64 bits per heavy atom. The zero-order chi connectivity index (χ0) is 6.69. The van der Waals surface area contributed by atoms with Crippen LogP contribution in [-0.2, 0) is 5.88 Å². The minimum Gasteiger partial charge on any atom is -0.147 e. The molecule has 1 rings (SSSR count). The first-order valence-corrected chi connectivity index (χ1v) is 3.55. The van der Waals surface area contributed by atoms with Gasteiger partial charge in [-0.3, -0.25) is 0 Å². The van der Waals surface area contributed by atoms with Crippen LogP contribution >= 0.6 is 48.0 Å². The number of benzene rings is 1. The van der Waals surface area contributed by atoms with Gasteiger partial charge >= 0.3 is 0 Å². The van der Waals surface area contributed by atoms with E-state index >= 15 is 0 Å². The van der Waals surface area contributed by atoms with E-state index in [1.165, 1.54) is 0 Å². The molecule has 0 aliphatic heterocycles. The second-order valence-electron chi connectivity index (χ2n) is 1.73. The summed E-state index contributed by atoms with van der Waals surface area (Å²) in [5, 5.41) is 0.743. The van der Waals surface area contributed by atoms with Gasteiger partial charge < -0.3 is 0 Å². The summed E-state index contributed by atoms with van der Waals surface area (Å²) >= 11 is 11.3. The van der Waals surface area contributed by atoms with Gasteiger partial charge in [0.15, 0.2) is 0 Å². The Balaban J connectivity index is 0. The van der Waals surface area contributed by atoms with Gasteiger partial charge in [-0.05, 0) is 11.6 Å². The molecule has 0 heterocycles. The Morgan fingerprint density at radius 1 is 1.09 bits per heavy atom. The summed E-state index contributed by atoms with van der Waals surface area (Å²) < 4.78 is 0. The molecule has 0 atom stereocenters. The topological polar surface area (TPSA) is 0 Å². The summed E-state index contributed by atoms with van der Waals surface area (Å²) in [4.78, 5) is 0. The first-order valence-electron chi connectivity index (χ1n) is 2.64. The molecule has 0 N–H and O–H groups in total. The molecular formula is C7H8Cl4. The van der Waals surface area contributed by atoms with E-state index in [2.05, 4.69) is 0 Å².